The van der Waals surface area contributed by atoms with Crippen molar-refractivity contribution in [2.24, 2.45) is 0 Å². The fraction of sp³-hybridized carbons (Fsp3) is 0.650. The highest BCUT2D eigenvalue weighted by Crippen LogP contribution is 2.10. The molecule has 0 rings (SSSR count). The van der Waals surface area contributed by atoms with Gasteiger partial charge in [0.05, 0.1) is 0 Å². The Morgan fingerprint density at radius 3 is 1.96 bits per heavy atom. The van der Waals surface area contributed by atoms with E-state index in [9.17, 15) is 4.79 Å². The van der Waals surface area contributed by atoms with Gasteiger partial charge < -0.3 is 10.2 Å². The predicted octanol–water partition coefficient (Wildman–Crippen LogP) is 5.41. The molecule has 0 aliphatic carbocycles. The van der Waals surface area contributed by atoms with Crippen LogP contribution in [0.5, 0.6) is 0 Å². The molecule has 0 bridgehead atoms. The van der Waals surface area contributed by atoms with Gasteiger partial charge >= 0.3 is 5.97 Å². The molecule has 3 nitrogen and oxygen atoms in total. The van der Waals surface area contributed by atoms with Gasteiger partial charge in [-0.15, -0.1) is 0 Å². The van der Waals surface area contributed by atoms with Gasteiger partial charge in [-0.05, 0) is 38.5 Å². The normalized spacial score (nSPS) is 13.5. The molecular formula is C20H34O3. The van der Waals surface area contributed by atoms with Gasteiger partial charge in [-0.25, -0.2) is 4.79 Å². The van der Waals surface area contributed by atoms with Crippen molar-refractivity contribution >= 4 is 5.97 Å². The molecule has 2 N–H and O–H groups in total. The number of carbonyl (C=O) groups is 1. The van der Waals surface area contributed by atoms with Gasteiger partial charge in [0.25, 0.3) is 0 Å². The molecule has 0 fully saturated rings. The average molecular weight is 322 g/mol. The third kappa shape index (κ3) is 16.8. The number of rotatable bonds is 15. The first-order valence-corrected chi connectivity index (χ1v) is 9.04. The summed E-state index contributed by atoms with van der Waals surface area (Å²) < 4.78 is 0. The van der Waals surface area contributed by atoms with Gasteiger partial charge in [-0.1, -0.05) is 75.5 Å². The van der Waals surface area contributed by atoms with Gasteiger partial charge in [0.1, 0.15) is 0 Å². The Morgan fingerprint density at radius 2 is 1.35 bits per heavy atom. The number of carboxylic acid groups (broad SMARTS) is 1. The van der Waals surface area contributed by atoms with Crippen molar-refractivity contribution in [3.63, 3.8) is 0 Å². The Balaban J connectivity index is 3.28. The molecule has 0 aliphatic heterocycles. The van der Waals surface area contributed by atoms with Gasteiger partial charge in [-0.2, -0.15) is 0 Å². The van der Waals surface area contributed by atoms with Crippen molar-refractivity contribution in [2.45, 2.75) is 83.7 Å². The van der Waals surface area contributed by atoms with Crippen LogP contribution in [0.4, 0.5) is 0 Å². The maximum absolute atomic E-state index is 10.4. The third-order valence-corrected chi connectivity index (χ3v) is 3.66. The standard InChI is InChI=1S/C20H34O3/c1-2-3-4-5-6-7-8-9-10-11-12-13-14-15-16-17-18-19(21)20(22)23/h3-4,6-7,9-10,19,21H,2,5,8,11-18H2,1H3,(H,22,23). The second kappa shape index (κ2) is 17.0. The SMILES string of the molecule is CCC=CCC=CCC=CCCCCCCCCC(O)C(=O)O. The van der Waals surface area contributed by atoms with E-state index in [0.29, 0.717) is 6.42 Å². The minimum atomic E-state index is -1.18. The van der Waals surface area contributed by atoms with E-state index in [1.54, 1.807) is 0 Å². The Hall–Kier alpha value is -1.35. The number of hydrogen-bond acceptors (Lipinski definition) is 2. The number of allylic oxidation sites excluding steroid dienone is 6. The summed E-state index contributed by atoms with van der Waals surface area (Å²) in [5, 5.41) is 17.7. The van der Waals surface area contributed by atoms with Crippen molar-refractivity contribution in [3.05, 3.63) is 36.5 Å². The summed E-state index contributed by atoms with van der Waals surface area (Å²) in [6.45, 7) is 2.15. The van der Waals surface area contributed by atoms with E-state index in [4.69, 9.17) is 10.2 Å². The Morgan fingerprint density at radius 1 is 0.826 bits per heavy atom. The van der Waals surface area contributed by atoms with E-state index in [0.717, 1.165) is 44.9 Å². The van der Waals surface area contributed by atoms with E-state index in [-0.39, 0.29) is 0 Å². The summed E-state index contributed by atoms with van der Waals surface area (Å²) >= 11 is 0. The number of carboxylic acids is 1. The summed E-state index contributed by atoms with van der Waals surface area (Å²) in [6, 6.07) is 0. The molecule has 0 radical (unpaired) electrons. The molecule has 0 amide bonds. The minimum absolute atomic E-state index is 0.375. The summed E-state index contributed by atoms with van der Waals surface area (Å²) in [5.41, 5.74) is 0. The van der Waals surface area contributed by atoms with Crippen LogP contribution >= 0.6 is 0 Å². The fourth-order valence-corrected chi connectivity index (χ4v) is 2.26. The van der Waals surface area contributed by atoms with E-state index in [1.165, 1.54) is 19.3 Å². The fourth-order valence-electron chi connectivity index (χ4n) is 2.26. The zero-order valence-corrected chi connectivity index (χ0v) is 14.6. The first kappa shape index (κ1) is 21.6. The molecule has 0 spiro atoms. The van der Waals surface area contributed by atoms with Gasteiger partial charge in [0, 0.05) is 0 Å². The Kier molecular flexibility index (Phi) is 16.0. The smallest absolute Gasteiger partial charge is 0.332 e. The predicted molar refractivity (Wildman–Crippen MR) is 97.5 cm³/mol. The summed E-state index contributed by atoms with van der Waals surface area (Å²) in [6.07, 6.45) is 23.4. The number of unbranched alkanes of at least 4 members (excludes halogenated alkanes) is 6. The molecule has 132 valence electrons. The Bertz CT molecular complexity index is 356. The Labute approximate surface area is 141 Å². The highest BCUT2D eigenvalue weighted by Gasteiger charge is 2.11. The molecule has 0 aromatic heterocycles. The van der Waals surface area contributed by atoms with Gasteiger partial charge in [0.2, 0.25) is 0 Å². The molecule has 1 atom stereocenters. The van der Waals surface area contributed by atoms with E-state index in [2.05, 4.69) is 43.4 Å². The van der Waals surface area contributed by atoms with Crippen molar-refractivity contribution in [3.8, 4) is 0 Å². The topological polar surface area (TPSA) is 57.5 Å². The van der Waals surface area contributed by atoms with Gasteiger partial charge in [-0.3, -0.25) is 0 Å². The maximum atomic E-state index is 10.4. The monoisotopic (exact) mass is 322 g/mol. The average Bonchev–Trinajstić information content (AvgIpc) is 2.54. The highest BCUT2D eigenvalue weighted by atomic mass is 16.4. The molecule has 1 unspecified atom stereocenters. The quantitative estimate of drug-likeness (QED) is 0.313. The maximum Gasteiger partial charge on any atom is 0.332 e. The second-order valence-electron chi connectivity index (χ2n) is 5.85. The second-order valence-corrected chi connectivity index (χ2v) is 5.85. The lowest BCUT2D eigenvalue weighted by Gasteiger charge is -2.04. The molecular weight excluding hydrogens is 288 g/mol. The lowest BCUT2D eigenvalue weighted by atomic mass is 10.1. The molecule has 0 saturated carbocycles. The van der Waals surface area contributed by atoms with Crippen molar-refractivity contribution in [2.75, 3.05) is 0 Å². The van der Waals surface area contributed by atoms with Crippen molar-refractivity contribution in [1.29, 1.82) is 0 Å². The van der Waals surface area contributed by atoms with Crippen LogP contribution in [0.2, 0.25) is 0 Å². The molecule has 23 heavy (non-hydrogen) atoms. The van der Waals surface area contributed by atoms with Crippen LogP contribution in [0.15, 0.2) is 36.5 Å². The molecule has 0 aromatic carbocycles. The van der Waals surface area contributed by atoms with Crippen LogP contribution in [-0.4, -0.2) is 22.3 Å². The summed E-state index contributed by atoms with van der Waals surface area (Å²) in [5.74, 6) is -1.11. The van der Waals surface area contributed by atoms with E-state index < -0.39 is 12.1 Å². The van der Waals surface area contributed by atoms with Crippen molar-refractivity contribution in [1.82, 2.24) is 0 Å². The molecule has 0 heterocycles. The molecule has 0 aromatic rings. The van der Waals surface area contributed by atoms with Crippen LogP contribution in [0.25, 0.3) is 0 Å². The summed E-state index contributed by atoms with van der Waals surface area (Å²) in [7, 11) is 0. The van der Waals surface area contributed by atoms with Crippen LogP contribution in [0, 0.1) is 0 Å². The third-order valence-electron chi connectivity index (χ3n) is 3.66. The van der Waals surface area contributed by atoms with Gasteiger partial charge in [0.15, 0.2) is 6.10 Å². The first-order chi connectivity index (χ1) is 11.2. The van der Waals surface area contributed by atoms with E-state index >= 15 is 0 Å². The molecule has 0 saturated heterocycles. The number of aliphatic carboxylic acids is 1. The van der Waals surface area contributed by atoms with Crippen LogP contribution in [0.3, 0.4) is 0 Å². The summed E-state index contributed by atoms with van der Waals surface area (Å²) in [4.78, 5) is 10.4. The minimum Gasteiger partial charge on any atom is -0.479 e. The van der Waals surface area contributed by atoms with E-state index in [1.807, 2.05) is 0 Å². The van der Waals surface area contributed by atoms with Crippen molar-refractivity contribution < 1.29 is 15.0 Å². The highest BCUT2D eigenvalue weighted by molar-refractivity contribution is 5.71. The lowest BCUT2D eigenvalue weighted by molar-refractivity contribution is -0.146. The zero-order chi connectivity index (χ0) is 17.2. The van der Waals surface area contributed by atoms with Crippen LogP contribution in [-0.2, 0) is 4.79 Å². The largest absolute Gasteiger partial charge is 0.479 e. The molecule has 0 aliphatic rings. The first-order valence-electron chi connectivity index (χ1n) is 9.04. The number of aliphatic hydroxyl groups is 1. The van der Waals surface area contributed by atoms with Crippen LogP contribution < -0.4 is 0 Å². The number of hydrogen-bond donors (Lipinski definition) is 2. The lowest BCUT2D eigenvalue weighted by Crippen LogP contribution is -2.18. The van der Waals surface area contributed by atoms with Crippen LogP contribution in [0.1, 0.15) is 77.6 Å². The zero-order valence-electron chi connectivity index (χ0n) is 14.6. The number of aliphatic hydroxyl groups excluding tert-OH is 1. The molecule has 3 heteroatoms.